The molecular weight excluding hydrogens is 456 g/mol. The molecule has 3 rings (SSSR count). The van der Waals surface area contributed by atoms with E-state index in [9.17, 15) is 4.39 Å². The first-order valence-electron chi connectivity index (χ1n) is 8.43. The van der Waals surface area contributed by atoms with Gasteiger partial charge in [-0.15, -0.1) is 24.0 Å². The number of hydrogen-bond donors (Lipinski definition) is 2. The van der Waals surface area contributed by atoms with Crippen LogP contribution in [-0.2, 0) is 13.1 Å². The Morgan fingerprint density at radius 3 is 2.63 bits per heavy atom. The van der Waals surface area contributed by atoms with E-state index in [1.807, 2.05) is 35.0 Å². The fourth-order valence-corrected chi connectivity index (χ4v) is 2.65. The molecule has 0 saturated heterocycles. The molecule has 0 amide bonds. The molecule has 1 aromatic heterocycles. The number of aromatic nitrogens is 2. The second-order valence-corrected chi connectivity index (χ2v) is 5.96. The van der Waals surface area contributed by atoms with E-state index < -0.39 is 0 Å². The summed E-state index contributed by atoms with van der Waals surface area (Å²) in [5, 5.41) is 6.51. The minimum Gasteiger partial charge on any atom is -0.352 e. The number of benzene rings is 2. The molecule has 0 saturated carbocycles. The molecule has 0 spiro atoms. The normalized spacial score (nSPS) is 11.0. The van der Waals surface area contributed by atoms with Gasteiger partial charge in [-0.25, -0.2) is 9.37 Å². The van der Waals surface area contributed by atoms with Crippen LogP contribution < -0.4 is 10.6 Å². The van der Waals surface area contributed by atoms with Crippen molar-refractivity contribution in [3.63, 3.8) is 0 Å². The number of rotatable bonds is 5. The van der Waals surface area contributed by atoms with Crippen molar-refractivity contribution in [3.05, 3.63) is 83.7 Å². The molecular formula is C20H23FIN5. The van der Waals surface area contributed by atoms with Crippen LogP contribution in [0.1, 0.15) is 16.7 Å². The Hall–Kier alpha value is -2.42. The molecule has 0 unspecified atom stereocenters. The maximum atomic E-state index is 13.7. The maximum Gasteiger partial charge on any atom is 0.191 e. The Labute approximate surface area is 175 Å². The van der Waals surface area contributed by atoms with Crippen LogP contribution in [0.2, 0.25) is 0 Å². The van der Waals surface area contributed by atoms with E-state index in [4.69, 9.17) is 0 Å². The van der Waals surface area contributed by atoms with Gasteiger partial charge in [0.1, 0.15) is 5.82 Å². The number of aryl methyl sites for hydroxylation is 1. The lowest BCUT2D eigenvalue weighted by atomic mass is 10.1. The number of imidazole rings is 1. The smallest absolute Gasteiger partial charge is 0.191 e. The lowest BCUT2D eigenvalue weighted by molar-refractivity contribution is 0.615. The van der Waals surface area contributed by atoms with E-state index in [0.717, 1.165) is 16.8 Å². The fourth-order valence-electron chi connectivity index (χ4n) is 2.65. The average Bonchev–Trinajstić information content (AvgIpc) is 3.19. The molecule has 0 atom stereocenters. The molecule has 142 valence electrons. The summed E-state index contributed by atoms with van der Waals surface area (Å²) in [5.74, 6) is 0.466. The van der Waals surface area contributed by atoms with Crippen molar-refractivity contribution < 1.29 is 4.39 Å². The number of para-hydroxylation sites is 1. The van der Waals surface area contributed by atoms with Gasteiger partial charge in [-0.2, -0.15) is 0 Å². The number of guanidine groups is 1. The Morgan fingerprint density at radius 1 is 1.15 bits per heavy atom. The van der Waals surface area contributed by atoms with Gasteiger partial charge in [0.15, 0.2) is 5.96 Å². The summed E-state index contributed by atoms with van der Waals surface area (Å²) in [6, 6.07) is 13.3. The monoisotopic (exact) mass is 479 g/mol. The quantitative estimate of drug-likeness (QED) is 0.333. The minimum absolute atomic E-state index is 0. The fraction of sp³-hybridized carbons (Fsp3) is 0.200. The molecule has 27 heavy (non-hydrogen) atoms. The van der Waals surface area contributed by atoms with E-state index in [1.54, 1.807) is 38.6 Å². The zero-order valence-corrected chi connectivity index (χ0v) is 17.6. The number of halogens is 2. The van der Waals surface area contributed by atoms with Gasteiger partial charge in [-0.05, 0) is 35.7 Å². The lowest BCUT2D eigenvalue weighted by Gasteiger charge is -2.15. The van der Waals surface area contributed by atoms with Gasteiger partial charge in [-0.3, -0.25) is 4.99 Å². The van der Waals surface area contributed by atoms with Gasteiger partial charge in [0.05, 0.1) is 12.0 Å². The zero-order chi connectivity index (χ0) is 18.4. The summed E-state index contributed by atoms with van der Waals surface area (Å²) in [6.07, 6.45) is 5.45. The summed E-state index contributed by atoms with van der Waals surface area (Å²) in [7, 11) is 1.72. The molecule has 5 nitrogen and oxygen atoms in total. The number of aliphatic imine (C=N–C) groups is 1. The molecule has 0 aliphatic carbocycles. The Kier molecular flexibility index (Phi) is 7.78. The van der Waals surface area contributed by atoms with Crippen LogP contribution in [0.25, 0.3) is 5.69 Å². The number of nitrogens with zero attached hydrogens (tertiary/aromatic N) is 3. The van der Waals surface area contributed by atoms with Crippen molar-refractivity contribution >= 4 is 29.9 Å². The van der Waals surface area contributed by atoms with Crippen molar-refractivity contribution in [2.24, 2.45) is 4.99 Å². The standard InChI is InChI=1S/C20H22FN5.HI/c1-15-7-8-16(11-18(15)21)12-24-20(22-2)25-13-17-5-3-4-6-19(17)26-10-9-23-14-26;/h3-11,14H,12-13H2,1-2H3,(H2,22,24,25);1H. The van der Waals surface area contributed by atoms with Gasteiger partial charge in [0, 0.05) is 32.5 Å². The third-order valence-electron chi connectivity index (χ3n) is 4.14. The summed E-state index contributed by atoms with van der Waals surface area (Å²) in [6.45, 7) is 2.86. The second kappa shape index (κ2) is 10.1. The highest BCUT2D eigenvalue weighted by Gasteiger charge is 2.06. The van der Waals surface area contributed by atoms with Crippen LogP contribution in [0, 0.1) is 12.7 Å². The second-order valence-electron chi connectivity index (χ2n) is 5.96. The third kappa shape index (κ3) is 5.53. The largest absolute Gasteiger partial charge is 0.352 e. The predicted octanol–water partition coefficient (Wildman–Crippen LogP) is 3.80. The Balaban J connectivity index is 0.00000261. The summed E-state index contributed by atoms with van der Waals surface area (Å²) >= 11 is 0. The maximum absolute atomic E-state index is 13.7. The highest BCUT2D eigenvalue weighted by atomic mass is 127. The first-order chi connectivity index (χ1) is 12.7. The molecule has 0 radical (unpaired) electrons. The van der Waals surface area contributed by atoms with Crippen molar-refractivity contribution in [1.29, 1.82) is 0 Å². The number of nitrogens with one attached hydrogen (secondary N) is 2. The highest BCUT2D eigenvalue weighted by molar-refractivity contribution is 14.0. The van der Waals surface area contributed by atoms with Crippen molar-refractivity contribution in [2.45, 2.75) is 20.0 Å². The first-order valence-corrected chi connectivity index (χ1v) is 8.43. The van der Waals surface area contributed by atoms with E-state index in [0.29, 0.717) is 24.6 Å². The molecule has 0 aliphatic heterocycles. The molecule has 0 aliphatic rings. The predicted molar refractivity (Wildman–Crippen MR) is 117 cm³/mol. The van der Waals surface area contributed by atoms with Crippen molar-refractivity contribution in [3.8, 4) is 5.69 Å². The SMILES string of the molecule is CN=C(NCc1ccc(C)c(F)c1)NCc1ccccc1-n1ccnc1.I. The van der Waals surface area contributed by atoms with Crippen molar-refractivity contribution in [1.82, 2.24) is 20.2 Å². The van der Waals surface area contributed by atoms with E-state index in [1.165, 1.54) is 0 Å². The average molecular weight is 479 g/mol. The van der Waals surface area contributed by atoms with Crippen LogP contribution in [0.15, 0.2) is 66.2 Å². The van der Waals surface area contributed by atoms with Gasteiger partial charge in [0.25, 0.3) is 0 Å². The number of hydrogen-bond acceptors (Lipinski definition) is 2. The summed E-state index contributed by atoms with van der Waals surface area (Å²) < 4.78 is 15.6. The topological polar surface area (TPSA) is 54.2 Å². The van der Waals surface area contributed by atoms with E-state index >= 15 is 0 Å². The van der Waals surface area contributed by atoms with Gasteiger partial charge < -0.3 is 15.2 Å². The molecule has 0 fully saturated rings. The molecule has 0 bridgehead atoms. The minimum atomic E-state index is -0.193. The zero-order valence-electron chi connectivity index (χ0n) is 15.3. The van der Waals surface area contributed by atoms with E-state index in [2.05, 4.69) is 26.7 Å². The highest BCUT2D eigenvalue weighted by Crippen LogP contribution is 2.14. The molecule has 3 aromatic rings. The lowest BCUT2D eigenvalue weighted by Crippen LogP contribution is -2.36. The van der Waals surface area contributed by atoms with Gasteiger partial charge in [-0.1, -0.05) is 30.3 Å². The molecule has 2 N–H and O–H groups in total. The van der Waals surface area contributed by atoms with Crippen LogP contribution in [0.3, 0.4) is 0 Å². The summed E-state index contributed by atoms with van der Waals surface area (Å²) in [5.41, 5.74) is 3.70. The van der Waals surface area contributed by atoms with Crippen LogP contribution >= 0.6 is 24.0 Å². The van der Waals surface area contributed by atoms with Crippen LogP contribution in [-0.4, -0.2) is 22.6 Å². The Morgan fingerprint density at radius 2 is 1.93 bits per heavy atom. The van der Waals surface area contributed by atoms with Crippen LogP contribution in [0.5, 0.6) is 0 Å². The van der Waals surface area contributed by atoms with Crippen LogP contribution in [0.4, 0.5) is 4.39 Å². The summed E-state index contributed by atoms with van der Waals surface area (Å²) in [4.78, 5) is 8.34. The van der Waals surface area contributed by atoms with Gasteiger partial charge in [0.2, 0.25) is 0 Å². The molecule has 1 heterocycles. The van der Waals surface area contributed by atoms with Crippen molar-refractivity contribution in [2.75, 3.05) is 7.05 Å². The van der Waals surface area contributed by atoms with Gasteiger partial charge >= 0.3 is 0 Å². The third-order valence-corrected chi connectivity index (χ3v) is 4.14. The molecule has 7 heteroatoms. The first kappa shape index (κ1) is 20.9. The molecule has 2 aromatic carbocycles. The van der Waals surface area contributed by atoms with E-state index in [-0.39, 0.29) is 29.8 Å². The Bertz CT molecular complexity index is 893.